The van der Waals surface area contributed by atoms with Crippen molar-refractivity contribution in [2.75, 3.05) is 19.6 Å². The Kier molecular flexibility index (Phi) is 8.34. The summed E-state index contributed by atoms with van der Waals surface area (Å²) in [6.07, 6.45) is -1.83. The van der Waals surface area contributed by atoms with Gasteiger partial charge in [-0.05, 0) is 56.4 Å². The van der Waals surface area contributed by atoms with Crippen LogP contribution < -0.4 is 5.56 Å². The lowest BCUT2D eigenvalue weighted by Crippen LogP contribution is -2.59. The van der Waals surface area contributed by atoms with Gasteiger partial charge in [0.25, 0.3) is 11.5 Å². The lowest BCUT2D eigenvalue weighted by molar-refractivity contribution is -0.192. The van der Waals surface area contributed by atoms with Crippen LogP contribution in [0.4, 0.5) is 17.6 Å². The minimum Gasteiger partial charge on any atom is -0.475 e. The van der Waals surface area contributed by atoms with E-state index in [0.29, 0.717) is 29.8 Å². The SMILES string of the molecule is Cc1c(Cc2ccc(F)c(C(=O)N3CC(=O)N4CCCCC4C3)c2)n[nH]c(=O)c1C.O=C(O)C(F)(F)F. The molecule has 3 heterocycles. The first-order chi connectivity index (χ1) is 17.3. The fourth-order valence-corrected chi connectivity index (χ4v) is 4.30. The van der Waals surface area contributed by atoms with E-state index in [4.69, 9.17) is 9.90 Å². The number of hydrogen-bond acceptors (Lipinski definition) is 5. The summed E-state index contributed by atoms with van der Waals surface area (Å²) in [5, 5.41) is 13.7. The first-order valence-electron chi connectivity index (χ1n) is 11.5. The van der Waals surface area contributed by atoms with Crippen LogP contribution in [0.5, 0.6) is 0 Å². The molecule has 2 amide bonds. The van der Waals surface area contributed by atoms with E-state index in [1.807, 2.05) is 11.8 Å². The number of aromatic nitrogens is 2. The number of piperazine rings is 1. The van der Waals surface area contributed by atoms with Crippen molar-refractivity contribution in [2.45, 2.75) is 51.7 Å². The molecule has 4 rings (SSSR count). The smallest absolute Gasteiger partial charge is 0.475 e. The number of aliphatic carboxylic acids is 1. The summed E-state index contributed by atoms with van der Waals surface area (Å²) in [7, 11) is 0. The van der Waals surface area contributed by atoms with Gasteiger partial charge in [0.15, 0.2) is 0 Å². The summed E-state index contributed by atoms with van der Waals surface area (Å²) in [4.78, 5) is 49.4. The van der Waals surface area contributed by atoms with Crippen molar-refractivity contribution in [1.82, 2.24) is 20.0 Å². The van der Waals surface area contributed by atoms with Gasteiger partial charge in [0.2, 0.25) is 5.91 Å². The lowest BCUT2D eigenvalue weighted by Gasteiger charge is -2.43. The molecule has 1 unspecified atom stereocenters. The molecule has 0 saturated carbocycles. The minimum atomic E-state index is -5.08. The topological polar surface area (TPSA) is 124 Å². The zero-order chi connectivity index (χ0) is 27.5. The Morgan fingerprint density at radius 1 is 1.16 bits per heavy atom. The molecule has 200 valence electrons. The van der Waals surface area contributed by atoms with Crippen molar-refractivity contribution in [2.24, 2.45) is 0 Å². The minimum absolute atomic E-state index is 0.0151. The van der Waals surface area contributed by atoms with E-state index in [1.54, 1.807) is 13.0 Å². The van der Waals surface area contributed by atoms with Gasteiger partial charge in [-0.2, -0.15) is 18.3 Å². The lowest BCUT2D eigenvalue weighted by atomic mass is 9.98. The summed E-state index contributed by atoms with van der Waals surface area (Å²) >= 11 is 0. The first kappa shape index (κ1) is 27.8. The van der Waals surface area contributed by atoms with Gasteiger partial charge in [0.05, 0.1) is 11.3 Å². The quantitative estimate of drug-likeness (QED) is 0.593. The molecule has 2 aliphatic heterocycles. The third-order valence-electron chi connectivity index (χ3n) is 6.50. The summed E-state index contributed by atoms with van der Waals surface area (Å²) in [5.74, 6) is -3.90. The number of aromatic amines is 1. The Balaban J connectivity index is 0.000000479. The molecule has 0 bridgehead atoms. The third-order valence-corrected chi connectivity index (χ3v) is 6.50. The highest BCUT2D eigenvalue weighted by molar-refractivity contribution is 5.97. The molecule has 2 fully saturated rings. The standard InChI is InChI=1S/C22H25FN4O3.C2HF3O2/c1-13-14(2)21(29)25-24-19(13)10-15-6-7-18(23)17(9-15)22(30)26-11-16-5-3-4-8-27(16)20(28)12-26;3-2(4,5)1(6)7/h6-7,9,16H,3-5,8,10-12H2,1-2H3,(H,25,29);(H,6,7). The highest BCUT2D eigenvalue weighted by Crippen LogP contribution is 2.24. The van der Waals surface area contributed by atoms with Crippen LogP contribution in [0.25, 0.3) is 0 Å². The predicted octanol–water partition coefficient (Wildman–Crippen LogP) is 2.59. The molecule has 2 aromatic rings. The van der Waals surface area contributed by atoms with E-state index in [2.05, 4.69) is 10.2 Å². The van der Waals surface area contributed by atoms with E-state index < -0.39 is 23.9 Å². The molecule has 2 saturated heterocycles. The molecule has 13 heteroatoms. The fraction of sp³-hybridized carbons (Fsp3) is 0.458. The Bertz CT molecular complexity index is 1260. The number of hydrogen-bond donors (Lipinski definition) is 2. The number of carboxylic acids is 1. The Labute approximate surface area is 209 Å². The largest absolute Gasteiger partial charge is 0.490 e. The maximum absolute atomic E-state index is 14.5. The van der Waals surface area contributed by atoms with Crippen LogP contribution in [0, 0.1) is 19.7 Å². The van der Waals surface area contributed by atoms with Gasteiger partial charge < -0.3 is 14.9 Å². The van der Waals surface area contributed by atoms with Crippen LogP contribution in [0.15, 0.2) is 23.0 Å². The predicted molar refractivity (Wildman–Crippen MR) is 122 cm³/mol. The van der Waals surface area contributed by atoms with Gasteiger partial charge in [-0.3, -0.25) is 14.4 Å². The zero-order valence-corrected chi connectivity index (χ0v) is 20.2. The van der Waals surface area contributed by atoms with Gasteiger partial charge in [-0.15, -0.1) is 0 Å². The molecule has 2 N–H and O–H groups in total. The number of nitrogens with zero attached hydrogens (tertiary/aromatic N) is 3. The zero-order valence-electron chi connectivity index (χ0n) is 20.2. The number of rotatable bonds is 3. The molecule has 9 nitrogen and oxygen atoms in total. The van der Waals surface area contributed by atoms with Crippen molar-refractivity contribution >= 4 is 17.8 Å². The average molecular weight is 526 g/mol. The number of alkyl halides is 3. The van der Waals surface area contributed by atoms with Crippen LogP contribution in [0.1, 0.15) is 52.0 Å². The van der Waals surface area contributed by atoms with E-state index in [0.717, 1.165) is 31.4 Å². The van der Waals surface area contributed by atoms with Crippen molar-refractivity contribution in [1.29, 1.82) is 0 Å². The van der Waals surface area contributed by atoms with Gasteiger partial charge in [0.1, 0.15) is 12.4 Å². The van der Waals surface area contributed by atoms with E-state index in [9.17, 15) is 31.9 Å². The maximum Gasteiger partial charge on any atom is 0.490 e. The maximum atomic E-state index is 14.5. The molecule has 1 aromatic carbocycles. The highest BCUT2D eigenvalue weighted by Gasteiger charge is 2.38. The van der Waals surface area contributed by atoms with Crippen molar-refractivity contribution in [3.63, 3.8) is 0 Å². The number of benzene rings is 1. The molecular weight excluding hydrogens is 500 g/mol. The Morgan fingerprint density at radius 2 is 1.84 bits per heavy atom. The number of halogens is 4. The second kappa shape index (κ2) is 11.1. The van der Waals surface area contributed by atoms with Gasteiger partial charge in [-0.25, -0.2) is 14.3 Å². The number of fused-ring (bicyclic) bond motifs is 1. The van der Waals surface area contributed by atoms with Crippen molar-refractivity contribution in [3.8, 4) is 0 Å². The molecule has 0 radical (unpaired) electrons. The highest BCUT2D eigenvalue weighted by atomic mass is 19.4. The fourth-order valence-electron chi connectivity index (χ4n) is 4.30. The van der Waals surface area contributed by atoms with Crippen LogP contribution in [0.2, 0.25) is 0 Å². The molecule has 2 aliphatic rings. The van der Waals surface area contributed by atoms with Gasteiger partial charge >= 0.3 is 12.1 Å². The summed E-state index contributed by atoms with van der Waals surface area (Å²) in [6.45, 7) is 4.70. The number of carbonyl (C=O) groups excluding carboxylic acids is 2. The Hall–Kier alpha value is -3.77. The van der Waals surface area contributed by atoms with Crippen LogP contribution in [0.3, 0.4) is 0 Å². The Morgan fingerprint density at radius 3 is 2.49 bits per heavy atom. The molecular formula is C24H26F4N4O5. The molecule has 1 atom stereocenters. The second-order valence-electron chi connectivity index (χ2n) is 8.97. The van der Waals surface area contributed by atoms with Crippen molar-refractivity contribution in [3.05, 3.63) is 62.3 Å². The number of carboxylic acid groups (broad SMARTS) is 1. The number of nitrogens with one attached hydrogen (secondary N) is 1. The average Bonchev–Trinajstić information content (AvgIpc) is 2.85. The normalized spacial score (nSPS) is 17.6. The summed E-state index contributed by atoms with van der Waals surface area (Å²) in [5.41, 5.74) is 2.46. The first-order valence-corrected chi connectivity index (χ1v) is 11.5. The summed E-state index contributed by atoms with van der Waals surface area (Å²) < 4.78 is 46.3. The number of piperidine rings is 1. The molecule has 1 aromatic heterocycles. The second-order valence-corrected chi connectivity index (χ2v) is 8.97. The summed E-state index contributed by atoms with van der Waals surface area (Å²) in [6, 6.07) is 4.43. The number of H-pyrrole nitrogens is 1. The van der Waals surface area contributed by atoms with Crippen LogP contribution >= 0.6 is 0 Å². The molecule has 0 spiro atoms. The van der Waals surface area contributed by atoms with Crippen molar-refractivity contribution < 1.29 is 37.1 Å². The van der Waals surface area contributed by atoms with Gasteiger partial charge in [0, 0.05) is 31.1 Å². The number of carbonyl (C=O) groups is 3. The van der Waals surface area contributed by atoms with E-state index >= 15 is 0 Å². The van der Waals surface area contributed by atoms with Crippen LogP contribution in [-0.2, 0) is 16.0 Å². The van der Waals surface area contributed by atoms with E-state index in [1.165, 1.54) is 17.0 Å². The third kappa shape index (κ3) is 6.52. The molecule has 0 aliphatic carbocycles. The molecule has 37 heavy (non-hydrogen) atoms. The number of amides is 2. The van der Waals surface area contributed by atoms with E-state index in [-0.39, 0.29) is 29.6 Å². The monoisotopic (exact) mass is 526 g/mol. The van der Waals surface area contributed by atoms with Crippen LogP contribution in [-0.4, -0.2) is 74.7 Å². The van der Waals surface area contributed by atoms with Gasteiger partial charge in [-0.1, -0.05) is 6.07 Å².